The van der Waals surface area contributed by atoms with Gasteiger partial charge in [-0.1, -0.05) is 43.0 Å². The largest absolute Gasteiger partial charge is 0.493 e. The van der Waals surface area contributed by atoms with E-state index in [1.807, 2.05) is 50.3 Å². The highest BCUT2D eigenvalue weighted by atomic mass is 16.6. The molecule has 7 nitrogen and oxygen atoms in total. The van der Waals surface area contributed by atoms with E-state index in [1.165, 1.54) is 26.4 Å². The first-order valence-corrected chi connectivity index (χ1v) is 12.1. The van der Waals surface area contributed by atoms with Crippen LogP contribution < -0.4 is 14.2 Å². The lowest BCUT2D eigenvalue weighted by Crippen LogP contribution is -2.04. The van der Waals surface area contributed by atoms with Crippen molar-refractivity contribution in [3.05, 3.63) is 53.2 Å². The van der Waals surface area contributed by atoms with Crippen molar-refractivity contribution < 1.29 is 19.0 Å². The van der Waals surface area contributed by atoms with Crippen molar-refractivity contribution in [2.45, 2.75) is 66.2 Å². The van der Waals surface area contributed by atoms with Crippen molar-refractivity contribution in [2.24, 2.45) is 5.16 Å². The summed E-state index contributed by atoms with van der Waals surface area (Å²) in [6.45, 7) is 9.94. The van der Waals surface area contributed by atoms with Gasteiger partial charge < -0.3 is 19.0 Å². The molecule has 0 fully saturated rings. The quantitative estimate of drug-likeness (QED) is 0.126. The highest BCUT2D eigenvalue weighted by Crippen LogP contribution is 2.28. The number of unbranched alkanes of at least 4 members (excludes halogenated alkanes) is 5. The SMILES string of the molecule is C/C=C/COc1cc(C)c(OCCCCCCCCOc2ccc(/C(C)=N/OC)nn2)c(C)c1. The smallest absolute Gasteiger partial charge is 0.233 e. The Morgan fingerprint density at radius 3 is 2.12 bits per heavy atom. The summed E-state index contributed by atoms with van der Waals surface area (Å²) >= 11 is 0. The minimum absolute atomic E-state index is 0.536. The lowest BCUT2D eigenvalue weighted by molar-refractivity contribution is 0.213. The Labute approximate surface area is 204 Å². The number of hydrogen-bond donors (Lipinski definition) is 0. The first-order chi connectivity index (χ1) is 16.5. The van der Waals surface area contributed by atoms with E-state index in [9.17, 15) is 0 Å². The fourth-order valence-corrected chi connectivity index (χ4v) is 3.50. The molecule has 0 spiro atoms. The van der Waals surface area contributed by atoms with E-state index in [0.29, 0.717) is 30.5 Å². The van der Waals surface area contributed by atoms with Crippen LogP contribution in [0, 0.1) is 13.8 Å². The topological polar surface area (TPSA) is 75.1 Å². The van der Waals surface area contributed by atoms with E-state index in [2.05, 4.69) is 29.2 Å². The number of rotatable bonds is 16. The molecule has 0 saturated heterocycles. The molecule has 1 aromatic carbocycles. The van der Waals surface area contributed by atoms with Crippen LogP contribution in [0.2, 0.25) is 0 Å². The number of benzene rings is 1. The van der Waals surface area contributed by atoms with Crippen LogP contribution in [0.25, 0.3) is 0 Å². The van der Waals surface area contributed by atoms with Crippen LogP contribution in [0.5, 0.6) is 17.4 Å². The summed E-state index contributed by atoms with van der Waals surface area (Å²) in [5.41, 5.74) is 3.59. The van der Waals surface area contributed by atoms with E-state index < -0.39 is 0 Å². The number of aryl methyl sites for hydroxylation is 2. The summed E-state index contributed by atoms with van der Waals surface area (Å²) in [7, 11) is 1.51. The molecule has 34 heavy (non-hydrogen) atoms. The predicted molar refractivity (Wildman–Crippen MR) is 136 cm³/mol. The number of ether oxygens (including phenoxy) is 3. The summed E-state index contributed by atoms with van der Waals surface area (Å²) in [6, 6.07) is 7.73. The molecule has 1 aromatic heterocycles. The second kappa shape index (κ2) is 15.7. The first-order valence-electron chi connectivity index (χ1n) is 12.1. The Morgan fingerprint density at radius 1 is 0.882 bits per heavy atom. The minimum atomic E-state index is 0.536. The number of hydrogen-bond acceptors (Lipinski definition) is 7. The third-order valence-electron chi connectivity index (χ3n) is 5.29. The predicted octanol–water partition coefficient (Wildman–Crippen LogP) is 6.22. The van der Waals surface area contributed by atoms with E-state index in [4.69, 9.17) is 19.0 Å². The van der Waals surface area contributed by atoms with Gasteiger partial charge in [-0.3, -0.25) is 0 Å². The van der Waals surface area contributed by atoms with Crippen molar-refractivity contribution in [3.63, 3.8) is 0 Å². The van der Waals surface area contributed by atoms with Crippen molar-refractivity contribution in [1.82, 2.24) is 10.2 Å². The second-order valence-corrected chi connectivity index (χ2v) is 8.20. The molecule has 0 N–H and O–H groups in total. The van der Waals surface area contributed by atoms with Crippen molar-refractivity contribution in [2.75, 3.05) is 26.9 Å². The van der Waals surface area contributed by atoms with Crippen LogP contribution in [-0.4, -0.2) is 42.8 Å². The van der Waals surface area contributed by atoms with Crippen molar-refractivity contribution >= 4 is 5.71 Å². The zero-order valence-electron chi connectivity index (χ0n) is 21.3. The molecular formula is C27H39N3O4. The Bertz CT molecular complexity index is 888. The van der Waals surface area contributed by atoms with Crippen LogP contribution in [0.15, 0.2) is 41.6 Å². The highest BCUT2D eigenvalue weighted by molar-refractivity contribution is 5.96. The fourth-order valence-electron chi connectivity index (χ4n) is 3.50. The van der Waals surface area contributed by atoms with E-state index in [0.717, 1.165) is 48.5 Å². The van der Waals surface area contributed by atoms with Gasteiger partial charge in [0.15, 0.2) is 0 Å². The molecule has 0 bridgehead atoms. The van der Waals surface area contributed by atoms with E-state index in [1.54, 1.807) is 0 Å². The van der Waals surface area contributed by atoms with Gasteiger partial charge in [-0.25, -0.2) is 0 Å². The molecular weight excluding hydrogens is 430 g/mol. The Kier molecular flexibility index (Phi) is 12.5. The van der Waals surface area contributed by atoms with Crippen LogP contribution in [-0.2, 0) is 4.84 Å². The van der Waals surface area contributed by atoms with Crippen LogP contribution in [0.4, 0.5) is 0 Å². The van der Waals surface area contributed by atoms with Crippen LogP contribution in [0.3, 0.4) is 0 Å². The van der Waals surface area contributed by atoms with Gasteiger partial charge in [0.25, 0.3) is 0 Å². The maximum atomic E-state index is 6.06. The summed E-state index contributed by atoms with van der Waals surface area (Å²) in [6.07, 6.45) is 10.7. The molecule has 1 heterocycles. The number of nitrogens with zero attached hydrogens (tertiary/aromatic N) is 3. The fraction of sp³-hybridized carbons (Fsp3) is 0.519. The van der Waals surface area contributed by atoms with Gasteiger partial charge in [0, 0.05) is 6.07 Å². The standard InChI is InChI=1S/C27H39N3O4/c1-6-7-16-32-24-19-21(2)27(22(3)20-24)34-18-13-11-9-8-10-12-17-33-26-15-14-25(28-29-26)23(4)30-31-5/h6-7,14-15,19-20H,8-13,16-18H2,1-5H3/b7-6+,30-23+. The molecule has 186 valence electrons. The normalized spacial score (nSPS) is 11.6. The summed E-state index contributed by atoms with van der Waals surface area (Å²) in [4.78, 5) is 4.74. The molecule has 2 rings (SSSR count). The maximum Gasteiger partial charge on any atom is 0.233 e. The zero-order chi connectivity index (χ0) is 24.6. The Morgan fingerprint density at radius 2 is 1.53 bits per heavy atom. The van der Waals surface area contributed by atoms with Crippen molar-refractivity contribution in [1.29, 1.82) is 0 Å². The molecule has 0 amide bonds. The number of allylic oxidation sites excluding steroid dienone is 1. The summed E-state index contributed by atoms with van der Waals surface area (Å²) in [5, 5.41) is 12.0. The lowest BCUT2D eigenvalue weighted by atomic mass is 10.1. The van der Waals surface area contributed by atoms with Gasteiger partial charge in [0.05, 0.1) is 13.2 Å². The second-order valence-electron chi connectivity index (χ2n) is 8.20. The monoisotopic (exact) mass is 469 g/mol. The molecule has 0 atom stereocenters. The average Bonchev–Trinajstić information content (AvgIpc) is 2.82. The van der Waals surface area contributed by atoms with Gasteiger partial charge in [0.2, 0.25) is 5.88 Å². The third-order valence-corrected chi connectivity index (χ3v) is 5.29. The Hall–Kier alpha value is -3.09. The average molecular weight is 470 g/mol. The van der Waals surface area contributed by atoms with Crippen molar-refractivity contribution in [3.8, 4) is 17.4 Å². The lowest BCUT2D eigenvalue weighted by Gasteiger charge is -2.14. The van der Waals surface area contributed by atoms with E-state index in [-0.39, 0.29) is 0 Å². The van der Waals surface area contributed by atoms with Gasteiger partial charge in [0.1, 0.15) is 36.6 Å². The molecule has 0 unspecified atom stereocenters. The minimum Gasteiger partial charge on any atom is -0.493 e. The summed E-state index contributed by atoms with van der Waals surface area (Å²) < 4.78 is 17.5. The first kappa shape index (κ1) is 27.2. The molecule has 0 aliphatic carbocycles. The highest BCUT2D eigenvalue weighted by Gasteiger charge is 2.07. The van der Waals surface area contributed by atoms with Gasteiger partial charge in [-0.05, 0) is 69.9 Å². The number of oxime groups is 1. The molecule has 7 heteroatoms. The maximum absolute atomic E-state index is 6.06. The molecule has 0 aliphatic rings. The van der Waals surface area contributed by atoms with Gasteiger partial charge in [-0.2, -0.15) is 0 Å². The van der Waals surface area contributed by atoms with Crippen LogP contribution >= 0.6 is 0 Å². The van der Waals surface area contributed by atoms with E-state index >= 15 is 0 Å². The Balaban J connectivity index is 1.54. The molecule has 0 saturated carbocycles. The summed E-state index contributed by atoms with van der Waals surface area (Å²) in [5.74, 6) is 2.40. The van der Waals surface area contributed by atoms with Gasteiger partial charge in [-0.15, -0.1) is 10.2 Å². The molecule has 0 aliphatic heterocycles. The van der Waals surface area contributed by atoms with Crippen LogP contribution in [0.1, 0.15) is 69.2 Å². The number of aromatic nitrogens is 2. The molecule has 0 radical (unpaired) electrons. The third kappa shape index (κ3) is 9.81. The van der Waals surface area contributed by atoms with Gasteiger partial charge >= 0.3 is 0 Å². The zero-order valence-corrected chi connectivity index (χ0v) is 21.3. The molecule has 2 aromatic rings.